The fourth-order valence-electron chi connectivity index (χ4n) is 1.38. The molecule has 10 heteroatoms. The predicted octanol–water partition coefficient (Wildman–Crippen LogP) is 0.891. The van der Waals surface area contributed by atoms with Gasteiger partial charge in [0.1, 0.15) is 0 Å². The number of aryl methyl sites for hydroxylation is 1. The fraction of sp³-hybridized carbons (Fsp3) is 0.333. The van der Waals surface area contributed by atoms with Crippen LogP contribution in [-0.4, -0.2) is 27.1 Å². The standard InChI is InChI=1S/C9H10N4O6/c1-7-4-2-3-5-8(7)10-6-9(11(14)15,12(16)17)13(18)19/h2-5,10H,6H2,1H3. The Kier molecular flexibility index (Phi) is 3.94. The third-order valence-corrected chi connectivity index (χ3v) is 2.54. The summed E-state index contributed by atoms with van der Waals surface area (Å²) < 4.78 is 0. The number of nitrogens with one attached hydrogen (secondary N) is 1. The summed E-state index contributed by atoms with van der Waals surface area (Å²) >= 11 is 0. The summed E-state index contributed by atoms with van der Waals surface area (Å²) in [6, 6.07) is 6.47. The lowest BCUT2D eigenvalue weighted by atomic mass is 10.2. The fourth-order valence-corrected chi connectivity index (χ4v) is 1.38. The molecule has 0 bridgehead atoms. The number of hydrogen-bond acceptors (Lipinski definition) is 7. The van der Waals surface area contributed by atoms with Crippen LogP contribution < -0.4 is 5.32 Å². The van der Waals surface area contributed by atoms with Crippen LogP contribution in [0.25, 0.3) is 0 Å². The van der Waals surface area contributed by atoms with Gasteiger partial charge in [-0.15, -0.1) is 0 Å². The molecular formula is C9H10N4O6. The molecule has 0 aliphatic heterocycles. The van der Waals surface area contributed by atoms with Gasteiger partial charge in [0.05, 0.1) is 0 Å². The molecule has 0 radical (unpaired) electrons. The molecule has 0 spiro atoms. The molecule has 0 saturated heterocycles. The highest BCUT2D eigenvalue weighted by Gasteiger charge is 2.70. The van der Waals surface area contributed by atoms with Gasteiger partial charge in [0.25, 0.3) is 0 Å². The molecule has 0 aromatic heterocycles. The summed E-state index contributed by atoms with van der Waals surface area (Å²) in [6.45, 7) is 0.610. The Morgan fingerprint density at radius 2 is 1.53 bits per heavy atom. The largest absolute Gasteiger partial charge is 0.717 e. The molecule has 0 fully saturated rings. The van der Waals surface area contributed by atoms with Crippen molar-refractivity contribution in [3.63, 3.8) is 0 Å². The Balaban J connectivity index is 3.04. The van der Waals surface area contributed by atoms with Gasteiger partial charge in [-0.3, -0.25) is 30.3 Å². The van der Waals surface area contributed by atoms with Crippen LogP contribution in [0.15, 0.2) is 24.3 Å². The Labute approximate surface area is 106 Å². The molecule has 0 aliphatic rings. The van der Waals surface area contributed by atoms with E-state index in [0.29, 0.717) is 11.3 Å². The van der Waals surface area contributed by atoms with Crippen molar-refractivity contribution in [3.8, 4) is 0 Å². The highest BCUT2D eigenvalue weighted by molar-refractivity contribution is 5.50. The van der Waals surface area contributed by atoms with Gasteiger partial charge in [0.15, 0.2) is 14.8 Å². The zero-order valence-corrected chi connectivity index (χ0v) is 9.81. The number of anilines is 1. The van der Waals surface area contributed by atoms with Crippen LogP contribution in [0.4, 0.5) is 5.69 Å². The summed E-state index contributed by atoms with van der Waals surface area (Å²) in [5.41, 5.74) is 1.02. The van der Waals surface area contributed by atoms with Crippen molar-refractivity contribution < 1.29 is 14.8 Å². The molecule has 10 nitrogen and oxygen atoms in total. The minimum absolute atomic E-state index is 0.359. The smallest absolute Gasteiger partial charge is 0.365 e. The lowest BCUT2D eigenvalue weighted by Crippen LogP contribution is -2.57. The van der Waals surface area contributed by atoms with E-state index in [1.807, 2.05) is 0 Å². The Morgan fingerprint density at radius 1 is 1.05 bits per heavy atom. The van der Waals surface area contributed by atoms with E-state index in [4.69, 9.17) is 0 Å². The molecule has 1 N–H and O–H groups in total. The van der Waals surface area contributed by atoms with Gasteiger partial charge in [-0.05, 0) is 18.6 Å². The molecule has 1 aromatic carbocycles. The molecule has 0 heterocycles. The van der Waals surface area contributed by atoms with E-state index in [1.54, 1.807) is 25.1 Å². The molecule has 19 heavy (non-hydrogen) atoms. The minimum atomic E-state index is -3.50. The lowest BCUT2D eigenvalue weighted by Gasteiger charge is -2.12. The molecular weight excluding hydrogens is 260 g/mol. The Bertz CT molecular complexity index is 495. The topological polar surface area (TPSA) is 141 Å². The number of nitrogens with zero attached hydrogens (tertiary/aromatic N) is 3. The van der Waals surface area contributed by atoms with Crippen molar-refractivity contribution in [2.45, 2.75) is 12.7 Å². The Hall–Kier alpha value is -2.78. The normalized spacial score (nSPS) is 10.8. The van der Waals surface area contributed by atoms with Crippen LogP contribution in [0, 0.1) is 37.3 Å². The highest BCUT2D eigenvalue weighted by Crippen LogP contribution is 2.17. The van der Waals surface area contributed by atoms with Crippen LogP contribution in [0.5, 0.6) is 0 Å². The van der Waals surface area contributed by atoms with E-state index in [-0.39, 0.29) is 0 Å². The van der Waals surface area contributed by atoms with Crippen LogP contribution in [0.1, 0.15) is 5.56 Å². The average molecular weight is 270 g/mol. The van der Waals surface area contributed by atoms with Crippen molar-refractivity contribution in [1.29, 1.82) is 0 Å². The quantitative estimate of drug-likeness (QED) is 0.459. The minimum Gasteiger partial charge on any atom is -0.365 e. The molecule has 0 unspecified atom stereocenters. The van der Waals surface area contributed by atoms with Crippen LogP contribution in [0.2, 0.25) is 0 Å². The summed E-state index contributed by atoms with van der Waals surface area (Å²) in [5, 5.41) is 34.5. The van der Waals surface area contributed by atoms with Gasteiger partial charge < -0.3 is 5.32 Å². The zero-order chi connectivity index (χ0) is 14.6. The average Bonchev–Trinajstić information content (AvgIpc) is 2.30. The number of rotatable bonds is 6. The van der Waals surface area contributed by atoms with Crippen LogP contribution in [0.3, 0.4) is 0 Å². The number of benzene rings is 1. The van der Waals surface area contributed by atoms with Gasteiger partial charge in [0, 0.05) is 5.69 Å². The van der Waals surface area contributed by atoms with E-state index in [2.05, 4.69) is 5.32 Å². The first kappa shape index (κ1) is 14.3. The second-order valence-corrected chi connectivity index (χ2v) is 3.71. The molecule has 0 aliphatic carbocycles. The molecule has 1 rings (SSSR count). The third kappa shape index (κ3) is 2.56. The van der Waals surface area contributed by atoms with Crippen LogP contribution >= 0.6 is 0 Å². The van der Waals surface area contributed by atoms with Gasteiger partial charge in [-0.25, -0.2) is 0 Å². The van der Waals surface area contributed by atoms with Crippen molar-refractivity contribution in [1.82, 2.24) is 0 Å². The van der Waals surface area contributed by atoms with Gasteiger partial charge >= 0.3 is 5.79 Å². The van der Waals surface area contributed by atoms with Crippen molar-refractivity contribution >= 4 is 5.69 Å². The van der Waals surface area contributed by atoms with Crippen LogP contribution in [-0.2, 0) is 0 Å². The number of para-hydroxylation sites is 1. The lowest BCUT2D eigenvalue weighted by molar-refractivity contribution is -0.965. The monoisotopic (exact) mass is 270 g/mol. The van der Waals surface area contributed by atoms with Gasteiger partial charge in [0.2, 0.25) is 6.54 Å². The SMILES string of the molecule is Cc1ccccc1NCC([N+](=O)[O-])([N+](=O)[O-])[N+](=O)[O-]. The van der Waals surface area contributed by atoms with Crippen molar-refractivity contribution in [3.05, 3.63) is 60.2 Å². The number of nitro groups is 3. The van der Waals surface area contributed by atoms with Crippen molar-refractivity contribution in [2.24, 2.45) is 0 Å². The highest BCUT2D eigenvalue weighted by atomic mass is 16.7. The molecule has 0 atom stereocenters. The summed E-state index contributed by atoms with van der Waals surface area (Å²) in [5.74, 6) is -3.50. The second kappa shape index (κ2) is 5.25. The molecule has 0 saturated carbocycles. The van der Waals surface area contributed by atoms with Gasteiger partial charge in [-0.2, -0.15) is 0 Å². The first-order chi connectivity index (χ1) is 8.82. The maximum atomic E-state index is 10.7. The zero-order valence-electron chi connectivity index (χ0n) is 9.81. The van der Waals surface area contributed by atoms with E-state index in [1.165, 1.54) is 6.07 Å². The predicted molar refractivity (Wildman–Crippen MR) is 63.4 cm³/mol. The number of hydrogen-bond donors (Lipinski definition) is 1. The van der Waals surface area contributed by atoms with Gasteiger partial charge in [-0.1, -0.05) is 18.2 Å². The molecule has 0 amide bonds. The second-order valence-electron chi connectivity index (χ2n) is 3.71. The molecule has 1 aromatic rings. The van der Waals surface area contributed by atoms with E-state index >= 15 is 0 Å². The van der Waals surface area contributed by atoms with E-state index < -0.39 is 27.1 Å². The summed E-state index contributed by atoms with van der Waals surface area (Å²) in [6.07, 6.45) is 0. The van der Waals surface area contributed by atoms with E-state index in [9.17, 15) is 30.3 Å². The van der Waals surface area contributed by atoms with E-state index in [0.717, 1.165) is 0 Å². The first-order valence-electron chi connectivity index (χ1n) is 5.05. The summed E-state index contributed by atoms with van der Waals surface area (Å²) in [7, 11) is 0. The van der Waals surface area contributed by atoms with Crippen molar-refractivity contribution in [2.75, 3.05) is 11.9 Å². The maximum absolute atomic E-state index is 10.7. The molecule has 102 valence electrons. The maximum Gasteiger partial charge on any atom is 0.717 e. The first-order valence-corrected chi connectivity index (χ1v) is 5.05. The Morgan fingerprint density at radius 3 is 1.95 bits per heavy atom. The third-order valence-electron chi connectivity index (χ3n) is 2.54. The summed E-state index contributed by atoms with van der Waals surface area (Å²) in [4.78, 5) is 27.5.